The van der Waals surface area contributed by atoms with Gasteiger partial charge in [-0.3, -0.25) is 0 Å². The third-order valence-corrected chi connectivity index (χ3v) is 7.39. The van der Waals surface area contributed by atoms with Crippen molar-refractivity contribution in [3.63, 3.8) is 0 Å². The maximum absolute atomic E-state index is 13.2. The molecule has 2 aromatic carbocycles. The van der Waals surface area contributed by atoms with Crippen LogP contribution in [0, 0.1) is 5.41 Å². The molecule has 0 saturated carbocycles. The van der Waals surface area contributed by atoms with E-state index in [0.717, 1.165) is 36.8 Å². The Kier molecular flexibility index (Phi) is 8.23. The van der Waals surface area contributed by atoms with Gasteiger partial charge in [0.05, 0.1) is 17.8 Å². The molecule has 154 valence electrons. The quantitative estimate of drug-likeness (QED) is 0.558. The van der Waals surface area contributed by atoms with Crippen molar-refractivity contribution in [1.29, 1.82) is 0 Å². The summed E-state index contributed by atoms with van der Waals surface area (Å²) in [6.07, 6.45) is 3.57. The van der Waals surface area contributed by atoms with Crippen molar-refractivity contribution < 1.29 is 8.42 Å². The van der Waals surface area contributed by atoms with E-state index in [9.17, 15) is 8.42 Å². The molecule has 0 aliphatic carbocycles. The van der Waals surface area contributed by atoms with Crippen LogP contribution in [0.25, 0.3) is 0 Å². The molecule has 2 aromatic rings. The van der Waals surface area contributed by atoms with Crippen LogP contribution in [0.1, 0.15) is 69.7 Å². The van der Waals surface area contributed by atoms with Crippen LogP contribution in [0.3, 0.4) is 0 Å². The van der Waals surface area contributed by atoms with Crippen molar-refractivity contribution in [3.05, 3.63) is 71.8 Å². The van der Waals surface area contributed by atoms with Gasteiger partial charge in [0.15, 0.2) is 0 Å². The highest BCUT2D eigenvalue weighted by Gasteiger charge is 2.34. The van der Waals surface area contributed by atoms with Gasteiger partial charge in [0.25, 0.3) is 0 Å². The van der Waals surface area contributed by atoms with Crippen molar-refractivity contribution >= 4 is 10.0 Å². The van der Waals surface area contributed by atoms with Gasteiger partial charge in [0.1, 0.15) is 0 Å². The van der Waals surface area contributed by atoms with Crippen molar-refractivity contribution in [1.82, 2.24) is 4.72 Å². The third-order valence-electron chi connectivity index (χ3n) is 5.79. The summed E-state index contributed by atoms with van der Waals surface area (Å²) in [5, 5.41) is 0. The lowest BCUT2D eigenvalue weighted by Gasteiger charge is -2.33. The average molecular weight is 403 g/mol. The van der Waals surface area contributed by atoms with Crippen molar-refractivity contribution in [3.8, 4) is 0 Å². The molecule has 3 N–H and O–H groups in total. The van der Waals surface area contributed by atoms with Crippen molar-refractivity contribution in [2.75, 3.05) is 5.75 Å². The number of sulfonamides is 1. The molecule has 0 fully saturated rings. The second kappa shape index (κ2) is 10.2. The van der Waals surface area contributed by atoms with E-state index in [4.69, 9.17) is 5.73 Å². The number of rotatable bonds is 11. The average Bonchev–Trinajstić information content (AvgIpc) is 2.72. The number of nitrogens with one attached hydrogen (secondary N) is 1. The molecule has 0 saturated heterocycles. The first kappa shape index (κ1) is 22.6. The molecule has 0 amide bonds. The van der Waals surface area contributed by atoms with E-state index >= 15 is 0 Å². The maximum Gasteiger partial charge on any atom is 0.212 e. The second-order valence-corrected chi connectivity index (χ2v) is 9.41. The molecule has 0 heterocycles. The molecule has 0 aliphatic rings. The van der Waals surface area contributed by atoms with Gasteiger partial charge in [-0.2, -0.15) is 0 Å². The molecule has 2 rings (SSSR count). The Labute approximate surface area is 170 Å². The smallest absolute Gasteiger partial charge is 0.212 e. The molecule has 0 aromatic heterocycles. The van der Waals surface area contributed by atoms with E-state index in [1.807, 2.05) is 60.7 Å². The standard InChI is InChI=1S/C23H34N2O2S/c1-4-17-23(5-2,6-3)18-28(26,27)25-22(20-15-11-8-12-16-20)21(24)19-13-9-7-10-14-19/h7-16,21-22,25H,4-6,17-18,24H2,1-3H3. The van der Waals surface area contributed by atoms with Crippen LogP contribution >= 0.6 is 0 Å². The molecular formula is C23H34N2O2S. The summed E-state index contributed by atoms with van der Waals surface area (Å²) in [6.45, 7) is 6.27. The summed E-state index contributed by atoms with van der Waals surface area (Å²) in [5.74, 6) is 0.131. The minimum atomic E-state index is -3.52. The van der Waals surface area contributed by atoms with E-state index in [-0.39, 0.29) is 11.2 Å². The van der Waals surface area contributed by atoms with Crippen LogP contribution < -0.4 is 10.5 Å². The van der Waals surface area contributed by atoms with Gasteiger partial charge in [-0.1, -0.05) is 87.9 Å². The molecule has 0 aliphatic heterocycles. The number of hydrogen-bond donors (Lipinski definition) is 2. The summed E-state index contributed by atoms with van der Waals surface area (Å²) < 4.78 is 29.3. The first-order valence-corrected chi connectivity index (χ1v) is 11.9. The van der Waals surface area contributed by atoms with Gasteiger partial charge < -0.3 is 5.73 Å². The van der Waals surface area contributed by atoms with Gasteiger partial charge in [-0.05, 0) is 35.8 Å². The second-order valence-electron chi connectivity index (χ2n) is 7.66. The van der Waals surface area contributed by atoms with Crippen LogP contribution in [0.4, 0.5) is 0 Å². The molecule has 2 atom stereocenters. The molecule has 5 heteroatoms. The van der Waals surface area contributed by atoms with Crippen LogP contribution in [-0.2, 0) is 10.0 Å². The molecule has 0 bridgehead atoms. The normalized spacial score (nSPS) is 14.6. The first-order chi connectivity index (χ1) is 13.4. The summed E-state index contributed by atoms with van der Waals surface area (Å²) in [6, 6.07) is 18.3. The van der Waals surface area contributed by atoms with Crippen LogP contribution in [0.5, 0.6) is 0 Å². The van der Waals surface area contributed by atoms with Gasteiger partial charge in [-0.15, -0.1) is 0 Å². The van der Waals surface area contributed by atoms with Gasteiger partial charge in [0.2, 0.25) is 10.0 Å². The molecule has 0 spiro atoms. The van der Waals surface area contributed by atoms with E-state index < -0.39 is 22.1 Å². The number of nitrogens with two attached hydrogens (primary N) is 1. The summed E-state index contributed by atoms with van der Waals surface area (Å²) in [5.41, 5.74) is 8.12. The fourth-order valence-electron chi connectivity index (χ4n) is 3.93. The van der Waals surface area contributed by atoms with Crippen LogP contribution in [0.2, 0.25) is 0 Å². The van der Waals surface area contributed by atoms with E-state index in [1.54, 1.807) is 0 Å². The predicted molar refractivity (Wildman–Crippen MR) is 117 cm³/mol. The fourth-order valence-corrected chi connectivity index (χ4v) is 6.04. The predicted octanol–water partition coefficient (Wildman–Crippen LogP) is 4.95. The fraction of sp³-hybridized carbons (Fsp3) is 0.478. The largest absolute Gasteiger partial charge is 0.322 e. The maximum atomic E-state index is 13.2. The molecular weight excluding hydrogens is 368 g/mol. The third kappa shape index (κ3) is 5.90. The van der Waals surface area contributed by atoms with E-state index in [0.29, 0.717) is 0 Å². The Morgan fingerprint density at radius 2 is 1.39 bits per heavy atom. The van der Waals surface area contributed by atoms with Gasteiger partial charge in [-0.25, -0.2) is 13.1 Å². The lowest BCUT2D eigenvalue weighted by atomic mass is 9.80. The van der Waals surface area contributed by atoms with Crippen molar-refractivity contribution in [2.45, 2.75) is 58.5 Å². The van der Waals surface area contributed by atoms with Gasteiger partial charge in [0, 0.05) is 0 Å². The minimum absolute atomic E-state index is 0.131. The zero-order valence-corrected chi connectivity index (χ0v) is 18.1. The van der Waals surface area contributed by atoms with Gasteiger partial charge >= 0.3 is 0 Å². The number of hydrogen-bond acceptors (Lipinski definition) is 3. The van der Waals surface area contributed by atoms with Crippen molar-refractivity contribution in [2.24, 2.45) is 11.1 Å². The highest BCUT2D eigenvalue weighted by atomic mass is 32.2. The summed E-state index contributed by atoms with van der Waals surface area (Å²) >= 11 is 0. The van der Waals surface area contributed by atoms with Crippen LogP contribution in [-0.4, -0.2) is 14.2 Å². The number of benzene rings is 2. The summed E-state index contributed by atoms with van der Waals surface area (Å²) in [4.78, 5) is 0. The molecule has 4 nitrogen and oxygen atoms in total. The Bertz CT molecular complexity index is 803. The van der Waals surface area contributed by atoms with E-state index in [2.05, 4.69) is 25.5 Å². The lowest BCUT2D eigenvalue weighted by Crippen LogP contribution is -2.41. The SMILES string of the molecule is CCCC(CC)(CC)CS(=O)(=O)NC(c1ccccc1)C(N)c1ccccc1. The monoisotopic (exact) mass is 402 g/mol. The Morgan fingerprint density at radius 3 is 1.86 bits per heavy atom. The summed E-state index contributed by atoms with van der Waals surface area (Å²) in [7, 11) is -3.52. The Morgan fingerprint density at radius 1 is 0.893 bits per heavy atom. The highest BCUT2D eigenvalue weighted by molar-refractivity contribution is 7.89. The minimum Gasteiger partial charge on any atom is -0.322 e. The zero-order chi connectivity index (χ0) is 20.6. The van der Waals surface area contributed by atoms with Crippen LogP contribution in [0.15, 0.2) is 60.7 Å². The zero-order valence-electron chi connectivity index (χ0n) is 17.3. The first-order valence-electron chi connectivity index (χ1n) is 10.2. The molecule has 0 radical (unpaired) electrons. The van der Waals surface area contributed by atoms with E-state index in [1.165, 1.54) is 0 Å². The Hall–Kier alpha value is -1.69. The highest BCUT2D eigenvalue weighted by Crippen LogP contribution is 2.35. The topological polar surface area (TPSA) is 72.2 Å². The lowest BCUT2D eigenvalue weighted by molar-refractivity contribution is 0.271. The molecule has 28 heavy (non-hydrogen) atoms. The molecule has 2 unspecified atom stereocenters. The Balaban J connectivity index is 2.34.